The monoisotopic (exact) mass is 304 g/mol. The Bertz CT molecular complexity index is 686. The number of hydrogen-bond acceptors (Lipinski definition) is 4. The number of carbonyl (C=O) groups is 2. The number of pyridine rings is 1. The Morgan fingerprint density at radius 2 is 2.00 bits per heavy atom. The van der Waals surface area contributed by atoms with Crippen LogP contribution in [0.15, 0.2) is 36.5 Å². The number of rotatable bonds is 4. The fourth-order valence-electron chi connectivity index (χ4n) is 1.70. The quantitative estimate of drug-likeness (QED) is 0.796. The van der Waals surface area contributed by atoms with E-state index in [-0.39, 0.29) is 22.9 Å². The molecule has 0 radical (unpaired) electrons. The van der Waals surface area contributed by atoms with Gasteiger partial charge in [-0.3, -0.25) is 14.6 Å². The van der Waals surface area contributed by atoms with Gasteiger partial charge in [-0.15, -0.1) is 0 Å². The molecule has 0 spiro atoms. The molecule has 0 aliphatic heterocycles. The Labute approximate surface area is 126 Å². The molecule has 0 aliphatic carbocycles. The third-order valence-corrected chi connectivity index (χ3v) is 3.02. The zero-order chi connectivity index (χ0) is 15.4. The van der Waals surface area contributed by atoms with Crippen LogP contribution in [0.25, 0.3) is 0 Å². The van der Waals surface area contributed by atoms with Gasteiger partial charge in [-0.05, 0) is 30.3 Å². The highest BCUT2D eigenvalue weighted by Crippen LogP contribution is 2.20. The summed E-state index contributed by atoms with van der Waals surface area (Å²) in [5.74, 6) is -0.876. The zero-order valence-corrected chi connectivity index (χ0v) is 11.7. The second-order valence-electron chi connectivity index (χ2n) is 4.37. The molecule has 0 fully saturated rings. The lowest BCUT2D eigenvalue weighted by Crippen LogP contribution is -2.16. The number of primary amides is 1. The minimum absolute atomic E-state index is 0.107. The Balaban J connectivity index is 2.04. The molecule has 1 aromatic carbocycles. The summed E-state index contributed by atoms with van der Waals surface area (Å²) < 4.78 is 0. The number of nitrogens with zero attached hydrogens (tertiary/aromatic N) is 1. The SMILES string of the molecule is NC(=O)c1ccc(NC(=O)Cc2ccc(N)cn2)cc1Cl. The molecule has 21 heavy (non-hydrogen) atoms. The summed E-state index contributed by atoms with van der Waals surface area (Å²) in [4.78, 5) is 27.0. The van der Waals surface area contributed by atoms with Crippen molar-refractivity contribution in [2.45, 2.75) is 6.42 Å². The van der Waals surface area contributed by atoms with Crippen LogP contribution in [0.3, 0.4) is 0 Å². The summed E-state index contributed by atoms with van der Waals surface area (Å²) in [5, 5.41) is 2.85. The lowest BCUT2D eigenvalue weighted by atomic mass is 10.2. The van der Waals surface area contributed by atoms with Gasteiger partial charge in [0, 0.05) is 11.4 Å². The molecular weight excluding hydrogens is 292 g/mol. The summed E-state index contributed by atoms with van der Waals surface area (Å²) in [5.41, 5.74) is 12.5. The highest BCUT2D eigenvalue weighted by Gasteiger charge is 2.09. The van der Waals surface area contributed by atoms with Gasteiger partial charge in [0.05, 0.1) is 28.9 Å². The first-order valence-electron chi connectivity index (χ1n) is 6.05. The van der Waals surface area contributed by atoms with Crippen molar-refractivity contribution in [1.82, 2.24) is 4.98 Å². The third-order valence-electron chi connectivity index (χ3n) is 2.71. The van der Waals surface area contributed by atoms with Crippen molar-refractivity contribution < 1.29 is 9.59 Å². The molecule has 1 aromatic heterocycles. The molecule has 0 unspecified atom stereocenters. The molecule has 0 saturated heterocycles. The Kier molecular flexibility index (Phi) is 4.39. The molecule has 0 bridgehead atoms. The topological polar surface area (TPSA) is 111 Å². The first-order valence-corrected chi connectivity index (χ1v) is 6.43. The fraction of sp³-hybridized carbons (Fsp3) is 0.0714. The average Bonchev–Trinajstić information content (AvgIpc) is 2.41. The minimum atomic E-state index is -0.621. The highest BCUT2D eigenvalue weighted by atomic mass is 35.5. The summed E-state index contributed by atoms with van der Waals surface area (Å²) in [6.07, 6.45) is 1.59. The van der Waals surface area contributed by atoms with Crippen LogP contribution < -0.4 is 16.8 Å². The third kappa shape index (κ3) is 3.93. The summed E-state index contributed by atoms with van der Waals surface area (Å²) in [7, 11) is 0. The highest BCUT2D eigenvalue weighted by molar-refractivity contribution is 6.34. The maximum absolute atomic E-state index is 11.9. The van der Waals surface area contributed by atoms with Crippen LogP contribution in [0.1, 0.15) is 16.1 Å². The molecule has 0 saturated carbocycles. The van der Waals surface area contributed by atoms with E-state index in [1.54, 1.807) is 18.2 Å². The molecule has 7 heteroatoms. The Morgan fingerprint density at radius 3 is 2.57 bits per heavy atom. The van der Waals surface area contributed by atoms with E-state index < -0.39 is 5.91 Å². The lowest BCUT2D eigenvalue weighted by Gasteiger charge is -2.07. The number of amides is 2. The van der Waals surface area contributed by atoms with Gasteiger partial charge in [-0.25, -0.2) is 0 Å². The van der Waals surface area contributed by atoms with Crippen LogP contribution in [0, 0.1) is 0 Å². The number of halogens is 1. The number of benzene rings is 1. The van der Waals surface area contributed by atoms with Crippen LogP contribution in [0.4, 0.5) is 11.4 Å². The molecule has 6 nitrogen and oxygen atoms in total. The zero-order valence-electron chi connectivity index (χ0n) is 11.0. The van der Waals surface area contributed by atoms with Crippen molar-refractivity contribution in [1.29, 1.82) is 0 Å². The molecule has 5 N–H and O–H groups in total. The van der Waals surface area contributed by atoms with Gasteiger partial charge in [0.1, 0.15) is 0 Å². The van der Waals surface area contributed by atoms with Gasteiger partial charge in [0.25, 0.3) is 0 Å². The fourth-order valence-corrected chi connectivity index (χ4v) is 1.98. The number of aromatic nitrogens is 1. The standard InChI is InChI=1S/C14H13ClN4O2/c15-12-5-10(3-4-11(12)14(17)21)19-13(20)6-9-2-1-8(16)7-18-9/h1-5,7H,6,16H2,(H2,17,21)(H,19,20). The Morgan fingerprint density at radius 1 is 1.24 bits per heavy atom. The van der Waals surface area contributed by atoms with Gasteiger partial charge < -0.3 is 16.8 Å². The lowest BCUT2D eigenvalue weighted by molar-refractivity contribution is -0.115. The van der Waals surface area contributed by atoms with E-state index in [0.29, 0.717) is 17.1 Å². The van der Waals surface area contributed by atoms with E-state index in [1.165, 1.54) is 18.3 Å². The number of nitrogens with one attached hydrogen (secondary N) is 1. The van der Waals surface area contributed by atoms with Crippen molar-refractivity contribution in [2.24, 2.45) is 5.73 Å². The van der Waals surface area contributed by atoms with E-state index in [2.05, 4.69) is 10.3 Å². The van der Waals surface area contributed by atoms with Crippen molar-refractivity contribution in [3.05, 3.63) is 52.8 Å². The first kappa shape index (κ1) is 14.8. The van der Waals surface area contributed by atoms with Crippen LogP contribution in [0.5, 0.6) is 0 Å². The summed E-state index contributed by atoms with van der Waals surface area (Å²) in [6, 6.07) is 7.84. The molecule has 108 valence electrons. The largest absolute Gasteiger partial charge is 0.397 e. The van der Waals surface area contributed by atoms with Crippen molar-refractivity contribution in [2.75, 3.05) is 11.1 Å². The van der Waals surface area contributed by atoms with E-state index in [0.717, 1.165) is 0 Å². The number of hydrogen-bond donors (Lipinski definition) is 3. The summed E-state index contributed by atoms with van der Waals surface area (Å²) in [6.45, 7) is 0. The van der Waals surface area contributed by atoms with Crippen LogP contribution in [-0.4, -0.2) is 16.8 Å². The maximum atomic E-state index is 11.9. The predicted octanol–water partition coefficient (Wildman–Crippen LogP) is 1.60. The average molecular weight is 305 g/mol. The van der Waals surface area contributed by atoms with Gasteiger partial charge >= 0.3 is 0 Å². The van der Waals surface area contributed by atoms with Gasteiger partial charge in [0.2, 0.25) is 11.8 Å². The van der Waals surface area contributed by atoms with Crippen LogP contribution in [0.2, 0.25) is 5.02 Å². The number of nitrogens with two attached hydrogens (primary N) is 2. The summed E-state index contributed by atoms with van der Waals surface area (Å²) >= 11 is 5.91. The molecule has 0 aliphatic rings. The van der Waals surface area contributed by atoms with E-state index in [9.17, 15) is 9.59 Å². The van der Waals surface area contributed by atoms with Gasteiger partial charge in [-0.2, -0.15) is 0 Å². The molecule has 0 atom stereocenters. The Hall–Kier alpha value is -2.60. The van der Waals surface area contributed by atoms with Crippen LogP contribution >= 0.6 is 11.6 Å². The first-order chi connectivity index (χ1) is 9.95. The van der Waals surface area contributed by atoms with Gasteiger partial charge in [0.15, 0.2) is 0 Å². The second-order valence-corrected chi connectivity index (χ2v) is 4.77. The number of carbonyl (C=O) groups excluding carboxylic acids is 2. The van der Waals surface area contributed by atoms with Crippen molar-refractivity contribution in [3.63, 3.8) is 0 Å². The molecular formula is C14H13ClN4O2. The van der Waals surface area contributed by atoms with E-state index in [1.807, 2.05) is 0 Å². The second kappa shape index (κ2) is 6.23. The number of nitrogen functional groups attached to an aromatic ring is 1. The van der Waals surface area contributed by atoms with E-state index >= 15 is 0 Å². The van der Waals surface area contributed by atoms with Crippen molar-refractivity contribution >= 4 is 34.8 Å². The maximum Gasteiger partial charge on any atom is 0.250 e. The molecule has 1 heterocycles. The molecule has 2 rings (SSSR count). The number of anilines is 2. The normalized spacial score (nSPS) is 10.1. The van der Waals surface area contributed by atoms with E-state index in [4.69, 9.17) is 23.1 Å². The molecule has 2 aromatic rings. The minimum Gasteiger partial charge on any atom is -0.397 e. The smallest absolute Gasteiger partial charge is 0.250 e. The van der Waals surface area contributed by atoms with Crippen LogP contribution in [-0.2, 0) is 11.2 Å². The van der Waals surface area contributed by atoms with Crippen molar-refractivity contribution in [3.8, 4) is 0 Å². The predicted molar refractivity (Wildman–Crippen MR) is 81.0 cm³/mol. The molecule has 2 amide bonds. The van der Waals surface area contributed by atoms with Gasteiger partial charge in [-0.1, -0.05) is 11.6 Å².